The molecular weight excluding hydrogens is 214 g/mol. The summed E-state index contributed by atoms with van der Waals surface area (Å²) in [4.78, 5) is 13.9. The van der Waals surface area contributed by atoms with Gasteiger partial charge < -0.3 is 9.64 Å². The summed E-state index contributed by atoms with van der Waals surface area (Å²) in [6.07, 6.45) is 3.06. The fourth-order valence-electron chi connectivity index (χ4n) is 2.88. The van der Waals surface area contributed by atoms with Crippen LogP contribution in [0.15, 0.2) is 0 Å². The molecule has 1 saturated heterocycles. The van der Waals surface area contributed by atoms with Crippen molar-refractivity contribution in [1.29, 1.82) is 0 Å². The fraction of sp³-hybridized carbons (Fsp3) is 0.786. The van der Waals surface area contributed by atoms with Crippen molar-refractivity contribution in [2.45, 2.75) is 45.6 Å². The summed E-state index contributed by atoms with van der Waals surface area (Å²) in [5, 5.41) is 0. The summed E-state index contributed by atoms with van der Waals surface area (Å²) in [6.45, 7) is 7.49. The summed E-state index contributed by atoms with van der Waals surface area (Å²) in [6, 6.07) is 0. The molecule has 0 N–H and O–H groups in total. The summed E-state index contributed by atoms with van der Waals surface area (Å²) < 4.78 is 5.35. The Balaban J connectivity index is 2.91. The Morgan fingerprint density at radius 2 is 2.24 bits per heavy atom. The summed E-state index contributed by atoms with van der Waals surface area (Å²) >= 11 is 0. The number of methoxy groups -OCH3 is 1. The molecular formula is C14H23NO2. The first kappa shape index (κ1) is 14.1. The second-order valence-electron chi connectivity index (χ2n) is 5.19. The van der Waals surface area contributed by atoms with Crippen LogP contribution in [0.1, 0.15) is 40.0 Å². The van der Waals surface area contributed by atoms with Crippen molar-refractivity contribution < 1.29 is 9.53 Å². The van der Waals surface area contributed by atoms with E-state index in [2.05, 4.69) is 25.7 Å². The molecule has 0 unspecified atom stereocenters. The summed E-state index contributed by atoms with van der Waals surface area (Å²) in [5.74, 6) is 5.85. The first-order valence-electron chi connectivity index (χ1n) is 6.29. The van der Waals surface area contributed by atoms with Gasteiger partial charge in [0.15, 0.2) is 0 Å². The van der Waals surface area contributed by atoms with Gasteiger partial charge in [0.1, 0.15) is 0 Å². The van der Waals surface area contributed by atoms with Crippen LogP contribution >= 0.6 is 0 Å². The van der Waals surface area contributed by atoms with E-state index < -0.39 is 0 Å². The average Bonchev–Trinajstić information content (AvgIpc) is 2.61. The van der Waals surface area contributed by atoms with Gasteiger partial charge in [0, 0.05) is 13.7 Å². The molecule has 1 amide bonds. The molecule has 0 aromatic rings. The van der Waals surface area contributed by atoms with Gasteiger partial charge >= 0.3 is 0 Å². The number of hydrogen-bond donors (Lipinski definition) is 0. The molecule has 1 atom stereocenters. The van der Waals surface area contributed by atoms with E-state index in [1.54, 1.807) is 14.0 Å². The van der Waals surface area contributed by atoms with Gasteiger partial charge in [-0.05, 0) is 38.0 Å². The van der Waals surface area contributed by atoms with E-state index in [0.29, 0.717) is 12.5 Å². The zero-order valence-corrected chi connectivity index (χ0v) is 11.4. The lowest BCUT2D eigenvalue weighted by Gasteiger charge is -2.38. The molecule has 0 spiro atoms. The first-order chi connectivity index (χ1) is 8.05. The third kappa shape index (κ3) is 3.23. The SMILES string of the molecule is CC#CC(=O)N1CCC[C@]1(COC)CC(C)C. The van der Waals surface area contributed by atoms with E-state index in [1.807, 2.05) is 4.90 Å². The number of carbonyl (C=O) groups is 1. The summed E-state index contributed by atoms with van der Waals surface area (Å²) in [7, 11) is 1.70. The lowest BCUT2D eigenvalue weighted by Crippen LogP contribution is -2.51. The van der Waals surface area contributed by atoms with E-state index in [-0.39, 0.29) is 11.4 Å². The van der Waals surface area contributed by atoms with Crippen LogP contribution in [0.5, 0.6) is 0 Å². The van der Waals surface area contributed by atoms with Crippen LogP contribution in [0.3, 0.4) is 0 Å². The maximum absolute atomic E-state index is 12.0. The largest absolute Gasteiger partial charge is 0.382 e. The average molecular weight is 237 g/mol. The highest BCUT2D eigenvalue weighted by Gasteiger charge is 2.43. The Morgan fingerprint density at radius 3 is 2.76 bits per heavy atom. The molecule has 0 aromatic carbocycles. The minimum atomic E-state index is -0.135. The minimum absolute atomic E-state index is 0.0531. The molecule has 3 nitrogen and oxygen atoms in total. The molecule has 0 aromatic heterocycles. The molecule has 0 radical (unpaired) electrons. The molecule has 1 rings (SSSR count). The maximum atomic E-state index is 12.0. The van der Waals surface area contributed by atoms with Crippen LogP contribution in [0.2, 0.25) is 0 Å². The van der Waals surface area contributed by atoms with Crippen LogP contribution in [0.4, 0.5) is 0 Å². The first-order valence-corrected chi connectivity index (χ1v) is 6.29. The Morgan fingerprint density at radius 1 is 1.53 bits per heavy atom. The normalized spacial score (nSPS) is 23.7. The Hall–Kier alpha value is -1.01. The Bertz CT molecular complexity index is 327. The van der Waals surface area contributed by atoms with Crippen molar-refractivity contribution in [3.8, 4) is 11.8 Å². The zero-order chi connectivity index (χ0) is 12.9. The Labute approximate surface area is 105 Å². The fourth-order valence-corrected chi connectivity index (χ4v) is 2.88. The van der Waals surface area contributed by atoms with Crippen molar-refractivity contribution in [1.82, 2.24) is 4.90 Å². The smallest absolute Gasteiger partial charge is 0.298 e. The van der Waals surface area contributed by atoms with Crippen LogP contribution in [-0.4, -0.2) is 36.6 Å². The van der Waals surface area contributed by atoms with Crippen LogP contribution in [0, 0.1) is 17.8 Å². The second-order valence-corrected chi connectivity index (χ2v) is 5.19. The van der Waals surface area contributed by atoms with Crippen LogP contribution < -0.4 is 0 Å². The highest BCUT2D eigenvalue weighted by molar-refractivity contribution is 5.94. The van der Waals surface area contributed by atoms with Gasteiger partial charge in [-0.15, -0.1) is 0 Å². The van der Waals surface area contributed by atoms with Crippen molar-refractivity contribution in [2.75, 3.05) is 20.3 Å². The number of carbonyl (C=O) groups excluding carboxylic acids is 1. The van der Waals surface area contributed by atoms with Crippen LogP contribution in [0.25, 0.3) is 0 Å². The van der Waals surface area contributed by atoms with E-state index in [4.69, 9.17) is 4.74 Å². The molecule has 3 heteroatoms. The van der Waals surface area contributed by atoms with Crippen molar-refractivity contribution in [2.24, 2.45) is 5.92 Å². The minimum Gasteiger partial charge on any atom is -0.382 e. The molecule has 0 bridgehead atoms. The zero-order valence-electron chi connectivity index (χ0n) is 11.4. The molecule has 0 aliphatic carbocycles. The number of amides is 1. The van der Waals surface area contributed by atoms with E-state index >= 15 is 0 Å². The highest BCUT2D eigenvalue weighted by Crippen LogP contribution is 2.35. The van der Waals surface area contributed by atoms with Gasteiger partial charge in [-0.3, -0.25) is 4.79 Å². The molecule has 17 heavy (non-hydrogen) atoms. The lowest BCUT2D eigenvalue weighted by atomic mass is 9.87. The molecule has 1 aliphatic rings. The third-order valence-electron chi connectivity index (χ3n) is 3.27. The van der Waals surface area contributed by atoms with E-state index in [9.17, 15) is 4.79 Å². The molecule has 96 valence electrons. The van der Waals surface area contributed by atoms with Crippen molar-refractivity contribution >= 4 is 5.91 Å². The number of rotatable bonds is 4. The predicted molar refractivity (Wildman–Crippen MR) is 68.5 cm³/mol. The molecule has 0 saturated carbocycles. The number of ether oxygens (including phenoxy) is 1. The standard InChI is InChI=1S/C14H23NO2/c1-5-7-13(16)15-9-6-8-14(15,11-17-4)10-12(2)3/h12H,6,8-11H2,1-4H3/t14-/m1/s1. The quantitative estimate of drug-likeness (QED) is 0.700. The molecule has 1 aliphatic heterocycles. The number of likely N-dealkylation sites (tertiary alicyclic amines) is 1. The Kier molecular flexibility index (Phi) is 5.02. The van der Waals surface area contributed by atoms with Gasteiger partial charge in [0.05, 0.1) is 12.1 Å². The summed E-state index contributed by atoms with van der Waals surface area (Å²) in [5.41, 5.74) is -0.135. The van der Waals surface area contributed by atoms with E-state index in [0.717, 1.165) is 25.8 Å². The van der Waals surface area contributed by atoms with Crippen molar-refractivity contribution in [3.63, 3.8) is 0 Å². The van der Waals surface area contributed by atoms with Gasteiger partial charge in [0.25, 0.3) is 5.91 Å². The molecule has 1 heterocycles. The van der Waals surface area contributed by atoms with Gasteiger partial charge in [-0.25, -0.2) is 0 Å². The predicted octanol–water partition coefficient (Wildman–Crippen LogP) is 2.06. The van der Waals surface area contributed by atoms with Crippen molar-refractivity contribution in [3.05, 3.63) is 0 Å². The van der Waals surface area contributed by atoms with Gasteiger partial charge in [0.2, 0.25) is 0 Å². The van der Waals surface area contributed by atoms with E-state index in [1.165, 1.54) is 0 Å². The monoisotopic (exact) mass is 237 g/mol. The number of hydrogen-bond acceptors (Lipinski definition) is 2. The topological polar surface area (TPSA) is 29.5 Å². The highest BCUT2D eigenvalue weighted by atomic mass is 16.5. The maximum Gasteiger partial charge on any atom is 0.298 e. The molecule has 1 fully saturated rings. The van der Waals surface area contributed by atoms with Crippen LogP contribution in [-0.2, 0) is 9.53 Å². The second kappa shape index (κ2) is 6.07. The number of nitrogens with zero attached hydrogens (tertiary/aromatic N) is 1. The van der Waals surface area contributed by atoms with Gasteiger partial charge in [-0.1, -0.05) is 19.8 Å². The van der Waals surface area contributed by atoms with Gasteiger partial charge in [-0.2, -0.15) is 0 Å². The lowest BCUT2D eigenvalue weighted by molar-refractivity contribution is -0.131. The third-order valence-corrected chi connectivity index (χ3v) is 3.27.